The Kier molecular flexibility index (Phi) is 4.38. The lowest BCUT2D eigenvalue weighted by atomic mass is 10.3. The second kappa shape index (κ2) is 6.62. The highest BCUT2D eigenvalue weighted by Gasteiger charge is 2.06. The average molecular weight is 331 g/mol. The predicted octanol–water partition coefficient (Wildman–Crippen LogP) is 2.24. The Morgan fingerprint density at radius 1 is 1.26 bits per heavy atom. The molecule has 2 heterocycles. The van der Waals surface area contributed by atoms with Crippen LogP contribution in [0.25, 0.3) is 0 Å². The van der Waals surface area contributed by atoms with Crippen LogP contribution in [0, 0.1) is 6.92 Å². The van der Waals surface area contributed by atoms with Crippen molar-refractivity contribution in [1.29, 1.82) is 0 Å². The number of aromatic nitrogens is 5. The van der Waals surface area contributed by atoms with E-state index in [9.17, 15) is 0 Å². The second-order valence-corrected chi connectivity index (χ2v) is 5.41. The number of anilines is 1. The zero-order valence-corrected chi connectivity index (χ0v) is 13.2. The SMILES string of the molecule is Cc1ncc(Cn2cc(COc3ccc(Cl)cc3)nn2)c(N)n1. The van der Waals surface area contributed by atoms with Crippen LogP contribution < -0.4 is 10.5 Å². The number of nitrogens with zero attached hydrogens (tertiary/aromatic N) is 5. The zero-order chi connectivity index (χ0) is 16.2. The van der Waals surface area contributed by atoms with Crippen molar-refractivity contribution in [3.05, 3.63) is 58.8 Å². The summed E-state index contributed by atoms with van der Waals surface area (Å²) >= 11 is 5.83. The highest BCUT2D eigenvalue weighted by Crippen LogP contribution is 2.16. The predicted molar refractivity (Wildman–Crippen MR) is 86.1 cm³/mol. The molecule has 0 atom stereocenters. The molecule has 0 unspecified atom stereocenters. The third-order valence-corrected chi connectivity index (χ3v) is 3.39. The van der Waals surface area contributed by atoms with Crippen molar-refractivity contribution in [2.24, 2.45) is 0 Å². The van der Waals surface area contributed by atoms with E-state index in [1.54, 1.807) is 48.3 Å². The zero-order valence-electron chi connectivity index (χ0n) is 12.5. The van der Waals surface area contributed by atoms with Crippen molar-refractivity contribution in [2.45, 2.75) is 20.1 Å². The van der Waals surface area contributed by atoms with E-state index in [4.69, 9.17) is 22.1 Å². The van der Waals surface area contributed by atoms with Crippen LogP contribution in [0.3, 0.4) is 0 Å². The molecule has 0 aliphatic rings. The number of nitrogens with two attached hydrogens (primary N) is 1. The fraction of sp³-hybridized carbons (Fsp3) is 0.200. The molecular weight excluding hydrogens is 316 g/mol. The Morgan fingerprint density at radius 3 is 2.78 bits per heavy atom. The molecule has 23 heavy (non-hydrogen) atoms. The summed E-state index contributed by atoms with van der Waals surface area (Å²) in [6.07, 6.45) is 3.50. The van der Waals surface area contributed by atoms with Crippen molar-refractivity contribution in [1.82, 2.24) is 25.0 Å². The van der Waals surface area contributed by atoms with E-state index < -0.39 is 0 Å². The molecule has 0 radical (unpaired) electrons. The molecule has 0 amide bonds. The third-order valence-electron chi connectivity index (χ3n) is 3.14. The summed E-state index contributed by atoms with van der Waals surface area (Å²) in [5.41, 5.74) is 7.39. The summed E-state index contributed by atoms with van der Waals surface area (Å²) in [7, 11) is 0. The molecule has 2 aromatic heterocycles. The van der Waals surface area contributed by atoms with Crippen LogP contribution in [0.2, 0.25) is 5.02 Å². The van der Waals surface area contributed by atoms with Gasteiger partial charge in [-0.15, -0.1) is 5.10 Å². The lowest BCUT2D eigenvalue weighted by molar-refractivity contribution is 0.301. The van der Waals surface area contributed by atoms with Crippen LogP contribution in [0.1, 0.15) is 17.1 Å². The molecule has 3 aromatic rings. The lowest BCUT2D eigenvalue weighted by Crippen LogP contribution is -2.07. The van der Waals surface area contributed by atoms with Crippen LogP contribution in [0.5, 0.6) is 5.75 Å². The maximum atomic E-state index is 5.87. The number of hydrogen-bond acceptors (Lipinski definition) is 6. The summed E-state index contributed by atoms with van der Waals surface area (Å²) in [6.45, 7) is 2.57. The van der Waals surface area contributed by atoms with E-state index in [1.807, 2.05) is 0 Å². The van der Waals surface area contributed by atoms with Crippen molar-refractivity contribution >= 4 is 17.4 Å². The average Bonchev–Trinajstić information content (AvgIpc) is 2.97. The Labute approximate surface area is 138 Å². The van der Waals surface area contributed by atoms with Gasteiger partial charge in [0.25, 0.3) is 0 Å². The van der Waals surface area contributed by atoms with Gasteiger partial charge in [0.1, 0.15) is 29.7 Å². The first-order valence-corrected chi connectivity index (χ1v) is 7.33. The normalized spacial score (nSPS) is 10.7. The molecule has 0 bridgehead atoms. The van der Waals surface area contributed by atoms with E-state index in [2.05, 4.69) is 20.3 Å². The second-order valence-electron chi connectivity index (χ2n) is 4.98. The quantitative estimate of drug-likeness (QED) is 0.771. The highest BCUT2D eigenvalue weighted by molar-refractivity contribution is 6.30. The van der Waals surface area contributed by atoms with E-state index in [0.717, 1.165) is 11.3 Å². The molecule has 7 nitrogen and oxygen atoms in total. The molecule has 0 saturated carbocycles. The standard InChI is InChI=1S/C15H15ClN6O/c1-10-18-6-11(15(17)19-10)7-22-8-13(20-21-22)9-23-14-4-2-12(16)3-5-14/h2-6,8H,7,9H2,1H3,(H2,17,18,19). The molecule has 8 heteroatoms. The minimum atomic E-state index is 0.321. The van der Waals surface area contributed by atoms with Gasteiger partial charge < -0.3 is 10.5 Å². The van der Waals surface area contributed by atoms with E-state index in [-0.39, 0.29) is 0 Å². The molecule has 0 saturated heterocycles. The number of aryl methyl sites for hydroxylation is 1. The number of rotatable bonds is 5. The third kappa shape index (κ3) is 3.95. The van der Waals surface area contributed by atoms with E-state index in [1.165, 1.54) is 0 Å². The topological polar surface area (TPSA) is 91.7 Å². The largest absolute Gasteiger partial charge is 0.487 e. The monoisotopic (exact) mass is 330 g/mol. The van der Waals surface area contributed by atoms with Gasteiger partial charge in [0.15, 0.2) is 0 Å². The fourth-order valence-electron chi connectivity index (χ4n) is 1.98. The van der Waals surface area contributed by atoms with Gasteiger partial charge in [-0.05, 0) is 31.2 Å². The minimum absolute atomic E-state index is 0.321. The number of ether oxygens (including phenoxy) is 1. The minimum Gasteiger partial charge on any atom is -0.487 e. The van der Waals surface area contributed by atoms with Crippen LogP contribution in [-0.2, 0) is 13.2 Å². The van der Waals surface area contributed by atoms with Gasteiger partial charge in [0.05, 0.1) is 12.7 Å². The van der Waals surface area contributed by atoms with Crippen LogP contribution in [0.4, 0.5) is 5.82 Å². The summed E-state index contributed by atoms with van der Waals surface area (Å²) in [6, 6.07) is 7.15. The van der Waals surface area contributed by atoms with Gasteiger partial charge in [0.2, 0.25) is 0 Å². The Morgan fingerprint density at radius 2 is 2.04 bits per heavy atom. The van der Waals surface area contributed by atoms with Gasteiger partial charge in [-0.2, -0.15) is 0 Å². The summed E-state index contributed by atoms with van der Waals surface area (Å²) < 4.78 is 7.30. The van der Waals surface area contributed by atoms with Gasteiger partial charge >= 0.3 is 0 Å². The molecule has 0 aliphatic heterocycles. The maximum absolute atomic E-state index is 5.87. The van der Waals surface area contributed by atoms with Crippen molar-refractivity contribution < 1.29 is 4.74 Å². The molecule has 0 fully saturated rings. The van der Waals surface area contributed by atoms with Crippen LogP contribution in [-0.4, -0.2) is 25.0 Å². The molecule has 3 rings (SSSR count). The molecule has 0 spiro atoms. The first-order chi connectivity index (χ1) is 11.1. The first kappa shape index (κ1) is 15.2. The summed E-state index contributed by atoms with van der Waals surface area (Å²) in [5, 5.41) is 8.80. The number of nitrogen functional groups attached to an aromatic ring is 1. The number of hydrogen-bond donors (Lipinski definition) is 1. The van der Waals surface area contributed by atoms with Gasteiger partial charge in [-0.3, -0.25) is 0 Å². The molecule has 0 aliphatic carbocycles. The van der Waals surface area contributed by atoms with Crippen molar-refractivity contribution in [2.75, 3.05) is 5.73 Å². The van der Waals surface area contributed by atoms with Gasteiger partial charge in [-0.25, -0.2) is 14.6 Å². The molecule has 1 aromatic carbocycles. The summed E-state index contributed by atoms with van der Waals surface area (Å²) in [5.74, 6) is 1.81. The van der Waals surface area contributed by atoms with Crippen LogP contribution in [0.15, 0.2) is 36.7 Å². The van der Waals surface area contributed by atoms with Gasteiger partial charge in [-0.1, -0.05) is 16.8 Å². The van der Waals surface area contributed by atoms with Crippen LogP contribution >= 0.6 is 11.6 Å². The number of halogens is 1. The van der Waals surface area contributed by atoms with Crippen molar-refractivity contribution in [3.8, 4) is 5.75 Å². The van der Waals surface area contributed by atoms with Gasteiger partial charge in [0, 0.05) is 16.8 Å². The van der Waals surface area contributed by atoms with E-state index in [0.29, 0.717) is 35.5 Å². The Balaban J connectivity index is 1.62. The number of benzene rings is 1. The molecule has 118 valence electrons. The maximum Gasteiger partial charge on any atom is 0.134 e. The highest BCUT2D eigenvalue weighted by atomic mass is 35.5. The fourth-order valence-corrected chi connectivity index (χ4v) is 2.10. The Hall–Kier alpha value is -2.67. The Bertz CT molecular complexity index is 802. The molecular formula is C15H15ClN6O. The molecule has 2 N–H and O–H groups in total. The first-order valence-electron chi connectivity index (χ1n) is 6.95. The summed E-state index contributed by atoms with van der Waals surface area (Å²) in [4.78, 5) is 8.27. The smallest absolute Gasteiger partial charge is 0.134 e. The van der Waals surface area contributed by atoms with Crippen molar-refractivity contribution in [3.63, 3.8) is 0 Å². The lowest BCUT2D eigenvalue weighted by Gasteiger charge is -2.04. The van der Waals surface area contributed by atoms with E-state index >= 15 is 0 Å².